The van der Waals surface area contributed by atoms with Crippen LogP contribution in [0.2, 0.25) is 0 Å². The molecule has 0 radical (unpaired) electrons. The first-order valence-corrected chi connectivity index (χ1v) is 14.6. The molecule has 1 fully saturated rings. The Bertz CT molecular complexity index is 1530. The van der Waals surface area contributed by atoms with E-state index in [1.807, 2.05) is 49.5 Å². The first-order valence-electron chi connectivity index (χ1n) is 13.2. The zero-order chi connectivity index (χ0) is 27.1. The molecule has 0 bridgehead atoms. The van der Waals surface area contributed by atoms with E-state index in [0.717, 1.165) is 23.2 Å². The minimum Gasteiger partial charge on any atom is -0.445 e. The van der Waals surface area contributed by atoms with Crippen LogP contribution >= 0.6 is 0 Å². The van der Waals surface area contributed by atoms with Crippen LogP contribution in [-0.4, -0.2) is 58.7 Å². The molecule has 0 aliphatic carbocycles. The number of aryl methyl sites for hydroxylation is 1. The number of aromatic nitrogens is 2. The summed E-state index contributed by atoms with van der Waals surface area (Å²) in [6.45, 7) is 5.39. The molecule has 10 heteroatoms. The summed E-state index contributed by atoms with van der Waals surface area (Å²) in [6, 6.07) is 16.2. The fourth-order valence-corrected chi connectivity index (χ4v) is 7.16. The summed E-state index contributed by atoms with van der Waals surface area (Å²) >= 11 is 0. The average molecular weight is 546 g/mol. The first kappa shape index (κ1) is 25.4. The van der Waals surface area contributed by atoms with Crippen molar-refractivity contribution in [3.63, 3.8) is 0 Å². The molecule has 3 aromatic rings. The van der Waals surface area contributed by atoms with Crippen LogP contribution in [0.3, 0.4) is 0 Å². The molecule has 2 aromatic carbocycles. The minimum absolute atomic E-state index is 0.0452. The van der Waals surface area contributed by atoms with E-state index < -0.39 is 16.2 Å². The highest BCUT2D eigenvalue weighted by Gasteiger charge is 2.44. The van der Waals surface area contributed by atoms with E-state index in [0.29, 0.717) is 18.9 Å². The van der Waals surface area contributed by atoms with E-state index in [1.165, 1.54) is 4.31 Å². The van der Waals surface area contributed by atoms with Crippen molar-refractivity contribution in [2.75, 3.05) is 13.1 Å². The molecule has 4 unspecified atom stereocenters. The molecule has 1 saturated heterocycles. The largest absolute Gasteiger partial charge is 0.445 e. The van der Waals surface area contributed by atoms with Crippen molar-refractivity contribution in [3.05, 3.63) is 95.7 Å². The van der Waals surface area contributed by atoms with Gasteiger partial charge in [0.2, 0.25) is 0 Å². The normalized spacial score (nSPS) is 23.6. The van der Waals surface area contributed by atoms with Gasteiger partial charge in [-0.1, -0.05) is 61.4 Å². The third-order valence-electron chi connectivity index (χ3n) is 7.90. The Labute approximate surface area is 228 Å². The number of carbonyl (C=O) groups is 1. The lowest BCUT2D eigenvalue weighted by Crippen LogP contribution is -2.39. The number of ether oxygens (including phenoxy) is 1. The van der Waals surface area contributed by atoms with Gasteiger partial charge in [-0.15, -0.1) is 0 Å². The highest BCUT2D eigenvalue weighted by molar-refractivity contribution is 7.89. The summed E-state index contributed by atoms with van der Waals surface area (Å²) in [5.41, 5.74) is 2.92. The second kappa shape index (κ2) is 10.00. The van der Waals surface area contributed by atoms with Gasteiger partial charge in [-0.05, 0) is 36.6 Å². The van der Waals surface area contributed by atoms with E-state index >= 15 is 0 Å². The van der Waals surface area contributed by atoms with Crippen LogP contribution < -0.4 is 0 Å². The SMILES string of the molecule is CCC1CN(C(=O)OCc2ccccc2)CC1c1cnc2n1C1C=CN(S(=O)(=O)c3ccc(C)cc3)C1N=C2. The van der Waals surface area contributed by atoms with Gasteiger partial charge in [0.25, 0.3) is 10.0 Å². The molecule has 0 N–H and O–H groups in total. The molecule has 3 aliphatic heterocycles. The monoisotopic (exact) mass is 545 g/mol. The molecule has 1 amide bonds. The molecule has 6 rings (SSSR count). The quantitative estimate of drug-likeness (QED) is 0.455. The number of rotatable bonds is 6. The van der Waals surface area contributed by atoms with Crippen molar-refractivity contribution >= 4 is 22.3 Å². The predicted molar refractivity (Wildman–Crippen MR) is 147 cm³/mol. The van der Waals surface area contributed by atoms with E-state index in [4.69, 9.17) is 4.74 Å². The average Bonchev–Trinajstić information content (AvgIpc) is 3.68. The standard InChI is InChI=1S/C29H31N5O4S/c1-3-22-17-32(29(35)38-19-21-7-5-4-6-8-21)18-24(22)26-15-30-27-16-31-28-25(34(26)27)13-14-33(28)39(36,37)23-11-9-20(2)10-12-23/h4-16,22,24-25,28H,3,17-19H2,1-2H3. The Kier molecular flexibility index (Phi) is 6.50. The summed E-state index contributed by atoms with van der Waals surface area (Å²) in [4.78, 5) is 24.2. The van der Waals surface area contributed by atoms with Crippen LogP contribution in [0.5, 0.6) is 0 Å². The van der Waals surface area contributed by atoms with E-state index in [2.05, 4.69) is 21.5 Å². The van der Waals surface area contributed by atoms with Gasteiger partial charge in [0.15, 0.2) is 12.0 Å². The zero-order valence-electron chi connectivity index (χ0n) is 21.9. The van der Waals surface area contributed by atoms with Gasteiger partial charge in [-0.2, -0.15) is 0 Å². The summed E-state index contributed by atoms with van der Waals surface area (Å²) in [6.07, 6.45) is 6.92. The first-order chi connectivity index (χ1) is 18.9. The molecule has 39 heavy (non-hydrogen) atoms. The third-order valence-corrected chi connectivity index (χ3v) is 9.66. The van der Waals surface area contributed by atoms with Crippen LogP contribution in [0.1, 0.15) is 47.9 Å². The summed E-state index contributed by atoms with van der Waals surface area (Å²) in [5.74, 6) is 0.958. The third kappa shape index (κ3) is 4.52. The number of aliphatic imine (C=N–C) groups is 1. The summed E-state index contributed by atoms with van der Waals surface area (Å²) < 4.78 is 36.0. The number of likely N-dealkylation sites (tertiary alicyclic amines) is 1. The van der Waals surface area contributed by atoms with E-state index in [-0.39, 0.29) is 35.5 Å². The molecule has 9 nitrogen and oxygen atoms in total. The molecule has 3 aliphatic rings. The molecule has 1 aromatic heterocycles. The van der Waals surface area contributed by atoms with Crippen LogP contribution in [0.15, 0.2) is 83.0 Å². The predicted octanol–water partition coefficient (Wildman–Crippen LogP) is 4.47. The number of benzene rings is 2. The van der Waals surface area contributed by atoms with Gasteiger partial charge in [-0.3, -0.25) is 4.99 Å². The maximum absolute atomic E-state index is 13.5. The maximum atomic E-state index is 13.5. The lowest BCUT2D eigenvalue weighted by atomic mass is 9.90. The van der Waals surface area contributed by atoms with Crippen LogP contribution in [0.25, 0.3) is 0 Å². The van der Waals surface area contributed by atoms with Crippen LogP contribution in [-0.2, 0) is 21.4 Å². The number of fused-ring (bicyclic) bond motifs is 3. The maximum Gasteiger partial charge on any atom is 0.410 e. The van der Waals surface area contributed by atoms with Crippen molar-refractivity contribution in [1.29, 1.82) is 0 Å². The van der Waals surface area contributed by atoms with E-state index in [1.54, 1.807) is 41.6 Å². The Morgan fingerprint density at radius 3 is 2.59 bits per heavy atom. The Morgan fingerprint density at radius 2 is 1.85 bits per heavy atom. The minimum atomic E-state index is -3.78. The lowest BCUT2D eigenvalue weighted by molar-refractivity contribution is 0.103. The van der Waals surface area contributed by atoms with Crippen molar-refractivity contribution in [2.45, 2.75) is 49.9 Å². The number of hydrogen-bond donors (Lipinski definition) is 0. The number of hydrogen-bond acceptors (Lipinski definition) is 6. The highest BCUT2D eigenvalue weighted by Crippen LogP contribution is 2.41. The molecule has 0 saturated carbocycles. The Hall–Kier alpha value is -3.92. The Morgan fingerprint density at radius 1 is 1.08 bits per heavy atom. The number of nitrogens with zero attached hydrogens (tertiary/aromatic N) is 5. The van der Waals surface area contributed by atoms with Gasteiger partial charge in [0, 0.05) is 37.1 Å². The van der Waals surface area contributed by atoms with Crippen LogP contribution in [0, 0.1) is 12.8 Å². The second-order valence-electron chi connectivity index (χ2n) is 10.3. The van der Waals surface area contributed by atoms with Crippen molar-refractivity contribution in [3.8, 4) is 0 Å². The number of carbonyl (C=O) groups excluding carboxylic acids is 1. The van der Waals surface area contributed by atoms with Gasteiger partial charge in [0.05, 0.1) is 17.2 Å². The van der Waals surface area contributed by atoms with E-state index in [9.17, 15) is 13.2 Å². The molecule has 4 heterocycles. The van der Waals surface area contributed by atoms with Gasteiger partial charge >= 0.3 is 6.09 Å². The molecular weight excluding hydrogens is 514 g/mol. The van der Waals surface area contributed by atoms with Gasteiger partial charge in [-0.25, -0.2) is 22.5 Å². The molecule has 0 spiro atoms. The fourth-order valence-electron chi connectivity index (χ4n) is 5.75. The number of amides is 1. The molecular formula is C29H31N5O4S. The smallest absolute Gasteiger partial charge is 0.410 e. The summed E-state index contributed by atoms with van der Waals surface area (Å²) in [5, 5.41) is 0. The van der Waals surface area contributed by atoms with Crippen LogP contribution in [0.4, 0.5) is 4.79 Å². The Balaban J connectivity index is 1.22. The highest BCUT2D eigenvalue weighted by atomic mass is 32.2. The fraction of sp³-hybridized carbons (Fsp3) is 0.345. The number of imidazole rings is 1. The lowest BCUT2D eigenvalue weighted by Gasteiger charge is -2.31. The van der Waals surface area contributed by atoms with Crippen molar-refractivity contribution in [1.82, 2.24) is 18.8 Å². The molecule has 202 valence electrons. The number of sulfonamides is 1. The van der Waals surface area contributed by atoms with Crippen molar-refractivity contribution < 1.29 is 17.9 Å². The molecule has 4 atom stereocenters. The van der Waals surface area contributed by atoms with Crippen molar-refractivity contribution in [2.24, 2.45) is 10.9 Å². The zero-order valence-corrected chi connectivity index (χ0v) is 22.7. The van der Waals surface area contributed by atoms with Gasteiger partial charge in [0.1, 0.15) is 6.61 Å². The topological polar surface area (TPSA) is 97.1 Å². The summed E-state index contributed by atoms with van der Waals surface area (Å²) in [7, 11) is -3.78. The van der Waals surface area contributed by atoms with Gasteiger partial charge < -0.3 is 14.2 Å². The second-order valence-corrected chi connectivity index (χ2v) is 12.1.